The standard InChI is InChI=1S/C15H20N2O2/c1-2-3-11-16-15(19)17-14-10-5-4-8-13(14)9-6-7-12-18/h4-5,8,10,18H,2-3,7,11-12H2,1H3,(H2,16,17,19). The molecule has 1 aromatic carbocycles. The molecule has 0 bridgehead atoms. The molecular formula is C15H20N2O2. The molecule has 3 N–H and O–H groups in total. The first-order valence-electron chi connectivity index (χ1n) is 6.51. The highest BCUT2D eigenvalue weighted by Gasteiger charge is 2.03. The molecular weight excluding hydrogens is 240 g/mol. The van der Waals surface area contributed by atoms with Gasteiger partial charge in [0.2, 0.25) is 0 Å². The summed E-state index contributed by atoms with van der Waals surface area (Å²) < 4.78 is 0. The first kappa shape index (κ1) is 15.1. The molecule has 0 unspecified atom stereocenters. The van der Waals surface area contributed by atoms with Gasteiger partial charge in [0.1, 0.15) is 0 Å². The topological polar surface area (TPSA) is 61.4 Å². The summed E-state index contributed by atoms with van der Waals surface area (Å²) in [4.78, 5) is 11.7. The van der Waals surface area contributed by atoms with Crippen molar-refractivity contribution in [3.8, 4) is 11.8 Å². The molecule has 102 valence electrons. The van der Waals surface area contributed by atoms with Crippen LogP contribution in [0.3, 0.4) is 0 Å². The fraction of sp³-hybridized carbons (Fsp3) is 0.400. The Kier molecular flexibility index (Phi) is 7.14. The monoisotopic (exact) mass is 260 g/mol. The Morgan fingerprint density at radius 1 is 1.37 bits per heavy atom. The van der Waals surface area contributed by atoms with E-state index in [9.17, 15) is 4.79 Å². The number of nitrogens with one attached hydrogen (secondary N) is 2. The lowest BCUT2D eigenvalue weighted by molar-refractivity contribution is 0.252. The second-order valence-electron chi connectivity index (χ2n) is 4.06. The summed E-state index contributed by atoms with van der Waals surface area (Å²) in [6.07, 6.45) is 2.44. The van der Waals surface area contributed by atoms with Crippen molar-refractivity contribution in [1.29, 1.82) is 0 Å². The van der Waals surface area contributed by atoms with Crippen LogP contribution in [0.5, 0.6) is 0 Å². The zero-order valence-electron chi connectivity index (χ0n) is 11.2. The minimum Gasteiger partial charge on any atom is -0.395 e. The van der Waals surface area contributed by atoms with Gasteiger partial charge in [0, 0.05) is 18.5 Å². The number of urea groups is 1. The third-order valence-electron chi connectivity index (χ3n) is 2.45. The van der Waals surface area contributed by atoms with Crippen LogP contribution < -0.4 is 10.6 Å². The van der Waals surface area contributed by atoms with Crippen molar-refractivity contribution < 1.29 is 9.90 Å². The molecule has 0 saturated carbocycles. The van der Waals surface area contributed by atoms with Gasteiger partial charge in [0.15, 0.2) is 0 Å². The third-order valence-corrected chi connectivity index (χ3v) is 2.45. The summed E-state index contributed by atoms with van der Waals surface area (Å²) in [5, 5.41) is 14.3. The number of carbonyl (C=O) groups excluding carboxylic acids is 1. The highest BCUT2D eigenvalue weighted by Crippen LogP contribution is 2.13. The highest BCUT2D eigenvalue weighted by atomic mass is 16.2. The lowest BCUT2D eigenvalue weighted by atomic mass is 10.2. The molecule has 4 nitrogen and oxygen atoms in total. The average molecular weight is 260 g/mol. The van der Waals surface area contributed by atoms with E-state index in [0.717, 1.165) is 18.4 Å². The smallest absolute Gasteiger partial charge is 0.319 e. The van der Waals surface area contributed by atoms with Gasteiger partial charge in [-0.05, 0) is 18.6 Å². The lowest BCUT2D eigenvalue weighted by Crippen LogP contribution is -2.29. The van der Waals surface area contributed by atoms with E-state index in [4.69, 9.17) is 5.11 Å². The van der Waals surface area contributed by atoms with Gasteiger partial charge < -0.3 is 15.7 Å². The van der Waals surface area contributed by atoms with Crippen molar-refractivity contribution in [3.63, 3.8) is 0 Å². The number of amides is 2. The lowest BCUT2D eigenvalue weighted by Gasteiger charge is -2.08. The maximum absolute atomic E-state index is 11.7. The SMILES string of the molecule is CCCCNC(=O)Nc1ccccc1C#CCCO. The average Bonchev–Trinajstić information content (AvgIpc) is 2.41. The van der Waals surface area contributed by atoms with E-state index in [1.165, 1.54) is 0 Å². The number of carbonyl (C=O) groups is 1. The normalized spacial score (nSPS) is 9.37. The summed E-state index contributed by atoms with van der Waals surface area (Å²) in [6.45, 7) is 2.78. The summed E-state index contributed by atoms with van der Waals surface area (Å²) >= 11 is 0. The van der Waals surface area contributed by atoms with Gasteiger partial charge in [0.05, 0.1) is 12.3 Å². The first-order chi connectivity index (χ1) is 9.27. The van der Waals surface area contributed by atoms with Gasteiger partial charge in [-0.3, -0.25) is 0 Å². The fourth-order valence-corrected chi connectivity index (χ4v) is 1.46. The Morgan fingerprint density at radius 2 is 2.16 bits per heavy atom. The molecule has 0 atom stereocenters. The number of aliphatic hydroxyl groups excluding tert-OH is 1. The molecule has 0 spiro atoms. The van der Waals surface area contributed by atoms with E-state index < -0.39 is 0 Å². The largest absolute Gasteiger partial charge is 0.395 e. The zero-order chi connectivity index (χ0) is 13.9. The molecule has 4 heteroatoms. The minimum atomic E-state index is -0.218. The van der Waals surface area contributed by atoms with Crippen molar-refractivity contribution in [2.24, 2.45) is 0 Å². The quantitative estimate of drug-likeness (QED) is 0.562. The van der Waals surface area contributed by atoms with Crippen molar-refractivity contribution >= 4 is 11.7 Å². The zero-order valence-corrected chi connectivity index (χ0v) is 11.2. The van der Waals surface area contributed by atoms with Crippen molar-refractivity contribution in [2.45, 2.75) is 26.2 Å². The van der Waals surface area contributed by atoms with Gasteiger partial charge in [-0.15, -0.1) is 0 Å². The van der Waals surface area contributed by atoms with E-state index in [1.54, 1.807) is 0 Å². The van der Waals surface area contributed by atoms with Crippen LogP contribution in [0.25, 0.3) is 0 Å². The van der Waals surface area contributed by atoms with Crippen LogP contribution in [0.1, 0.15) is 31.7 Å². The maximum Gasteiger partial charge on any atom is 0.319 e. The molecule has 0 radical (unpaired) electrons. The van der Waals surface area contributed by atoms with Crippen LogP contribution in [0.15, 0.2) is 24.3 Å². The Balaban J connectivity index is 2.62. The van der Waals surface area contributed by atoms with Crippen LogP contribution in [0, 0.1) is 11.8 Å². The molecule has 0 aliphatic rings. The Bertz CT molecular complexity index is 461. The van der Waals surface area contributed by atoms with Crippen molar-refractivity contribution in [1.82, 2.24) is 5.32 Å². The number of hydrogen-bond donors (Lipinski definition) is 3. The molecule has 0 saturated heterocycles. The fourth-order valence-electron chi connectivity index (χ4n) is 1.46. The molecule has 1 aromatic rings. The number of rotatable bonds is 5. The molecule has 0 aromatic heterocycles. The second kappa shape index (κ2) is 9.01. The number of anilines is 1. The Labute approximate surface area is 114 Å². The van der Waals surface area contributed by atoms with Crippen LogP contribution in [-0.2, 0) is 0 Å². The molecule has 0 aliphatic heterocycles. The molecule has 19 heavy (non-hydrogen) atoms. The van der Waals surface area contributed by atoms with E-state index in [2.05, 4.69) is 29.4 Å². The van der Waals surface area contributed by atoms with E-state index in [0.29, 0.717) is 18.7 Å². The van der Waals surface area contributed by atoms with E-state index in [1.807, 2.05) is 24.3 Å². The first-order valence-corrected chi connectivity index (χ1v) is 6.51. The van der Waals surface area contributed by atoms with Gasteiger partial charge in [-0.1, -0.05) is 37.3 Å². The molecule has 0 fully saturated rings. The van der Waals surface area contributed by atoms with E-state index >= 15 is 0 Å². The van der Waals surface area contributed by atoms with Crippen LogP contribution in [0.4, 0.5) is 10.5 Å². The Hall–Kier alpha value is -1.99. The van der Waals surface area contributed by atoms with Gasteiger partial charge >= 0.3 is 6.03 Å². The van der Waals surface area contributed by atoms with Crippen LogP contribution in [-0.4, -0.2) is 24.3 Å². The Morgan fingerprint density at radius 3 is 2.89 bits per heavy atom. The summed E-state index contributed by atoms with van der Waals surface area (Å²) in [5.74, 6) is 5.78. The minimum absolute atomic E-state index is 0.0418. The van der Waals surface area contributed by atoms with Crippen LogP contribution >= 0.6 is 0 Å². The predicted molar refractivity (Wildman–Crippen MR) is 77.0 cm³/mol. The number of para-hydroxylation sites is 1. The number of unbranched alkanes of at least 4 members (excludes halogenated alkanes) is 1. The summed E-state index contributed by atoms with van der Waals surface area (Å²) in [5.41, 5.74) is 1.43. The number of aliphatic hydroxyl groups is 1. The summed E-state index contributed by atoms with van der Waals surface area (Å²) in [6, 6.07) is 7.14. The maximum atomic E-state index is 11.7. The predicted octanol–water partition coefficient (Wildman–Crippen LogP) is 2.34. The molecule has 0 heterocycles. The third kappa shape index (κ3) is 5.94. The van der Waals surface area contributed by atoms with E-state index in [-0.39, 0.29) is 12.6 Å². The van der Waals surface area contributed by atoms with Gasteiger partial charge in [-0.2, -0.15) is 0 Å². The molecule has 0 aliphatic carbocycles. The second-order valence-corrected chi connectivity index (χ2v) is 4.06. The number of hydrogen-bond acceptors (Lipinski definition) is 2. The van der Waals surface area contributed by atoms with Crippen molar-refractivity contribution in [2.75, 3.05) is 18.5 Å². The molecule has 1 rings (SSSR count). The summed E-state index contributed by atoms with van der Waals surface area (Å²) in [7, 11) is 0. The molecule has 2 amide bonds. The van der Waals surface area contributed by atoms with Crippen LogP contribution in [0.2, 0.25) is 0 Å². The van der Waals surface area contributed by atoms with Gasteiger partial charge in [0.25, 0.3) is 0 Å². The van der Waals surface area contributed by atoms with Crippen molar-refractivity contribution in [3.05, 3.63) is 29.8 Å². The highest BCUT2D eigenvalue weighted by molar-refractivity contribution is 5.90. The van der Waals surface area contributed by atoms with Gasteiger partial charge in [-0.25, -0.2) is 4.79 Å². The number of benzene rings is 1.